The molecule has 7 nitrogen and oxygen atoms in total. The Balaban J connectivity index is 1.89. The van der Waals surface area contributed by atoms with Gasteiger partial charge in [0, 0.05) is 34.1 Å². The number of benzene rings is 2. The third-order valence-corrected chi connectivity index (χ3v) is 4.49. The fraction of sp³-hybridized carbons (Fsp3) is 0.375. The molecule has 2 rings (SSSR count). The summed E-state index contributed by atoms with van der Waals surface area (Å²) in [4.78, 5) is 36.7. The minimum absolute atomic E-state index is 0.0524. The molecule has 7 heteroatoms. The highest BCUT2D eigenvalue weighted by molar-refractivity contribution is 5.98. The predicted molar refractivity (Wildman–Crippen MR) is 124 cm³/mol. The SMILES string of the molecule is CCC(C)NC(=O)c1ccc(NCC(=O)Nc2cccc(C(=O)NC(C)(C)C)c2)cc1. The standard InChI is InChI=1S/C24H32N4O3/c1-6-16(2)26-22(30)17-10-12-19(13-11-17)25-15-21(29)27-20-9-7-8-18(14-20)23(31)28-24(3,4)5/h7-14,16,25H,6,15H2,1-5H3,(H,26,30)(H,27,29)(H,28,31). The summed E-state index contributed by atoms with van der Waals surface area (Å²) in [6.45, 7) is 9.75. The topological polar surface area (TPSA) is 99.3 Å². The van der Waals surface area contributed by atoms with Crippen LogP contribution < -0.4 is 21.3 Å². The molecule has 0 aromatic heterocycles. The Labute approximate surface area is 184 Å². The summed E-state index contributed by atoms with van der Waals surface area (Å²) in [7, 11) is 0. The van der Waals surface area contributed by atoms with E-state index < -0.39 is 0 Å². The Kier molecular flexibility index (Phi) is 8.19. The van der Waals surface area contributed by atoms with Gasteiger partial charge < -0.3 is 21.3 Å². The molecule has 0 radical (unpaired) electrons. The smallest absolute Gasteiger partial charge is 0.251 e. The average molecular weight is 425 g/mol. The van der Waals surface area contributed by atoms with Crippen molar-refractivity contribution in [3.63, 3.8) is 0 Å². The molecule has 31 heavy (non-hydrogen) atoms. The van der Waals surface area contributed by atoms with Gasteiger partial charge in [-0.1, -0.05) is 13.0 Å². The first-order valence-electron chi connectivity index (χ1n) is 10.4. The first kappa shape index (κ1) is 23.9. The molecule has 2 aromatic rings. The largest absolute Gasteiger partial charge is 0.376 e. The van der Waals surface area contributed by atoms with Crippen LogP contribution in [-0.4, -0.2) is 35.8 Å². The van der Waals surface area contributed by atoms with Gasteiger partial charge in [-0.25, -0.2) is 0 Å². The van der Waals surface area contributed by atoms with Crippen molar-refractivity contribution in [1.82, 2.24) is 10.6 Å². The molecule has 0 fully saturated rings. The quantitative estimate of drug-likeness (QED) is 0.518. The zero-order valence-electron chi connectivity index (χ0n) is 18.8. The summed E-state index contributed by atoms with van der Waals surface area (Å²) in [5, 5.41) is 11.6. The number of hydrogen-bond donors (Lipinski definition) is 4. The molecule has 1 unspecified atom stereocenters. The summed E-state index contributed by atoms with van der Waals surface area (Å²) in [5.74, 6) is -0.555. The van der Waals surface area contributed by atoms with E-state index in [1.807, 2.05) is 34.6 Å². The van der Waals surface area contributed by atoms with Crippen LogP contribution in [0.25, 0.3) is 0 Å². The maximum atomic E-state index is 12.3. The Morgan fingerprint density at radius 1 is 0.903 bits per heavy atom. The van der Waals surface area contributed by atoms with E-state index in [2.05, 4.69) is 21.3 Å². The fourth-order valence-corrected chi connectivity index (χ4v) is 2.69. The lowest BCUT2D eigenvalue weighted by molar-refractivity contribution is -0.114. The van der Waals surface area contributed by atoms with Crippen LogP contribution in [0.2, 0.25) is 0 Å². The second-order valence-electron chi connectivity index (χ2n) is 8.55. The molecule has 4 N–H and O–H groups in total. The number of rotatable bonds is 8. The lowest BCUT2D eigenvalue weighted by Crippen LogP contribution is -2.40. The van der Waals surface area contributed by atoms with Gasteiger partial charge >= 0.3 is 0 Å². The maximum absolute atomic E-state index is 12.3. The summed E-state index contributed by atoms with van der Waals surface area (Å²) < 4.78 is 0. The molecule has 0 bridgehead atoms. The van der Waals surface area contributed by atoms with Gasteiger partial charge in [0.25, 0.3) is 11.8 Å². The molecular weight excluding hydrogens is 392 g/mol. The van der Waals surface area contributed by atoms with Crippen molar-refractivity contribution >= 4 is 29.1 Å². The molecule has 0 aliphatic heterocycles. The van der Waals surface area contributed by atoms with Crippen molar-refractivity contribution in [1.29, 1.82) is 0 Å². The van der Waals surface area contributed by atoms with Gasteiger partial charge in [0.15, 0.2) is 0 Å². The number of amides is 3. The van der Waals surface area contributed by atoms with E-state index in [1.54, 1.807) is 48.5 Å². The van der Waals surface area contributed by atoms with Crippen LogP contribution >= 0.6 is 0 Å². The minimum atomic E-state index is -0.343. The Morgan fingerprint density at radius 2 is 1.58 bits per heavy atom. The van der Waals surface area contributed by atoms with Crippen molar-refractivity contribution in [3.05, 3.63) is 59.7 Å². The van der Waals surface area contributed by atoms with Crippen molar-refractivity contribution in [2.24, 2.45) is 0 Å². The highest BCUT2D eigenvalue weighted by atomic mass is 16.2. The van der Waals surface area contributed by atoms with Gasteiger partial charge in [-0.3, -0.25) is 14.4 Å². The second kappa shape index (κ2) is 10.6. The van der Waals surface area contributed by atoms with E-state index in [0.29, 0.717) is 16.8 Å². The number of carbonyl (C=O) groups excluding carboxylic acids is 3. The molecule has 0 saturated heterocycles. The zero-order valence-corrected chi connectivity index (χ0v) is 18.8. The Morgan fingerprint density at radius 3 is 2.19 bits per heavy atom. The fourth-order valence-electron chi connectivity index (χ4n) is 2.69. The number of hydrogen-bond acceptors (Lipinski definition) is 4. The van der Waals surface area contributed by atoms with Gasteiger partial charge in [0.05, 0.1) is 6.54 Å². The lowest BCUT2D eigenvalue weighted by Gasteiger charge is -2.20. The molecule has 0 heterocycles. The van der Waals surface area contributed by atoms with E-state index in [4.69, 9.17) is 0 Å². The summed E-state index contributed by atoms with van der Waals surface area (Å²) in [6, 6.07) is 13.9. The molecule has 3 amide bonds. The van der Waals surface area contributed by atoms with E-state index in [9.17, 15) is 14.4 Å². The van der Waals surface area contributed by atoms with Crippen LogP contribution in [0.3, 0.4) is 0 Å². The molecule has 0 spiro atoms. The zero-order chi connectivity index (χ0) is 23.0. The third kappa shape index (κ3) is 8.12. The lowest BCUT2D eigenvalue weighted by atomic mass is 10.1. The predicted octanol–water partition coefficient (Wildman–Crippen LogP) is 3.79. The first-order valence-corrected chi connectivity index (χ1v) is 10.4. The normalized spacial score (nSPS) is 11.9. The monoisotopic (exact) mass is 424 g/mol. The van der Waals surface area contributed by atoms with Gasteiger partial charge in [0.2, 0.25) is 5.91 Å². The van der Waals surface area contributed by atoms with Gasteiger partial charge in [-0.05, 0) is 76.6 Å². The van der Waals surface area contributed by atoms with E-state index in [1.165, 1.54) is 0 Å². The molecular formula is C24H32N4O3. The second-order valence-corrected chi connectivity index (χ2v) is 8.55. The minimum Gasteiger partial charge on any atom is -0.376 e. The average Bonchev–Trinajstić information content (AvgIpc) is 2.71. The van der Waals surface area contributed by atoms with Crippen LogP contribution in [0.4, 0.5) is 11.4 Å². The Hall–Kier alpha value is -3.35. The number of anilines is 2. The number of nitrogens with one attached hydrogen (secondary N) is 4. The highest BCUT2D eigenvalue weighted by Crippen LogP contribution is 2.13. The van der Waals surface area contributed by atoms with E-state index in [0.717, 1.165) is 12.1 Å². The van der Waals surface area contributed by atoms with Crippen LogP contribution in [0, 0.1) is 0 Å². The summed E-state index contributed by atoms with van der Waals surface area (Å²) in [6.07, 6.45) is 0.866. The van der Waals surface area contributed by atoms with Crippen molar-refractivity contribution in [2.75, 3.05) is 17.2 Å². The molecule has 1 atom stereocenters. The summed E-state index contributed by atoms with van der Waals surface area (Å²) in [5.41, 5.74) is 1.98. The van der Waals surface area contributed by atoms with E-state index in [-0.39, 0.29) is 35.8 Å². The maximum Gasteiger partial charge on any atom is 0.251 e. The third-order valence-electron chi connectivity index (χ3n) is 4.49. The molecule has 166 valence electrons. The van der Waals surface area contributed by atoms with Crippen molar-refractivity contribution in [2.45, 2.75) is 52.6 Å². The van der Waals surface area contributed by atoms with Crippen LogP contribution in [0.5, 0.6) is 0 Å². The first-order chi connectivity index (χ1) is 14.6. The van der Waals surface area contributed by atoms with E-state index >= 15 is 0 Å². The summed E-state index contributed by atoms with van der Waals surface area (Å²) >= 11 is 0. The molecule has 0 saturated carbocycles. The molecule has 2 aromatic carbocycles. The highest BCUT2D eigenvalue weighted by Gasteiger charge is 2.15. The Bertz CT molecular complexity index is 917. The van der Waals surface area contributed by atoms with Gasteiger partial charge in [-0.2, -0.15) is 0 Å². The van der Waals surface area contributed by atoms with Gasteiger partial charge in [0.1, 0.15) is 0 Å². The van der Waals surface area contributed by atoms with Gasteiger partial charge in [-0.15, -0.1) is 0 Å². The van der Waals surface area contributed by atoms with Crippen LogP contribution in [0.1, 0.15) is 61.8 Å². The van der Waals surface area contributed by atoms with Crippen LogP contribution in [-0.2, 0) is 4.79 Å². The molecule has 0 aliphatic rings. The van der Waals surface area contributed by atoms with Crippen LogP contribution in [0.15, 0.2) is 48.5 Å². The van der Waals surface area contributed by atoms with Crippen molar-refractivity contribution < 1.29 is 14.4 Å². The molecule has 0 aliphatic carbocycles. The number of carbonyl (C=O) groups is 3. The van der Waals surface area contributed by atoms with Crippen molar-refractivity contribution in [3.8, 4) is 0 Å².